The van der Waals surface area contributed by atoms with Crippen LogP contribution < -0.4 is 11.2 Å². The number of nitrogen functional groups attached to an aromatic ring is 1. The number of nitrogens with two attached hydrogens (primary N) is 1. The SMILES string of the molecule is CN(CC(=O)Nc1ccccc1C(F)(F)F)C(=O)CSc1nnc(C(F)(F)F)n1N. The lowest BCUT2D eigenvalue weighted by Gasteiger charge is -2.18. The van der Waals surface area contributed by atoms with E-state index in [9.17, 15) is 35.9 Å². The number of halogens is 6. The number of para-hydroxylation sites is 1. The van der Waals surface area contributed by atoms with Gasteiger partial charge in [0, 0.05) is 7.05 Å². The summed E-state index contributed by atoms with van der Waals surface area (Å²) in [4.78, 5) is 25.0. The van der Waals surface area contributed by atoms with Gasteiger partial charge in [0.05, 0.1) is 23.5 Å². The van der Waals surface area contributed by atoms with Crippen molar-refractivity contribution in [3.8, 4) is 0 Å². The number of benzene rings is 1. The van der Waals surface area contributed by atoms with Gasteiger partial charge in [0.2, 0.25) is 17.0 Å². The average Bonchev–Trinajstić information content (AvgIpc) is 2.99. The van der Waals surface area contributed by atoms with Crippen LogP contribution in [-0.2, 0) is 21.9 Å². The van der Waals surface area contributed by atoms with Gasteiger partial charge in [-0.15, -0.1) is 10.2 Å². The fourth-order valence-electron chi connectivity index (χ4n) is 2.14. The molecule has 2 rings (SSSR count). The van der Waals surface area contributed by atoms with E-state index in [0.29, 0.717) is 11.8 Å². The summed E-state index contributed by atoms with van der Waals surface area (Å²) in [7, 11) is 1.20. The minimum Gasteiger partial charge on any atom is -0.336 e. The molecule has 0 aliphatic carbocycles. The quantitative estimate of drug-likeness (QED) is 0.392. The fraction of sp³-hybridized carbons (Fsp3) is 0.333. The van der Waals surface area contributed by atoms with Gasteiger partial charge in [-0.05, 0) is 12.1 Å². The van der Waals surface area contributed by atoms with E-state index in [4.69, 9.17) is 5.84 Å². The Bertz CT molecular complexity index is 929. The monoisotopic (exact) mass is 456 g/mol. The van der Waals surface area contributed by atoms with Gasteiger partial charge >= 0.3 is 12.4 Å². The number of nitrogens with zero attached hydrogens (tertiary/aromatic N) is 4. The molecule has 3 N–H and O–H groups in total. The van der Waals surface area contributed by atoms with E-state index in [2.05, 4.69) is 15.5 Å². The first-order valence-electron chi connectivity index (χ1n) is 7.91. The second kappa shape index (κ2) is 8.81. The zero-order valence-electron chi connectivity index (χ0n) is 15.1. The Morgan fingerprint density at radius 3 is 2.33 bits per heavy atom. The summed E-state index contributed by atoms with van der Waals surface area (Å²) in [5.74, 6) is 1.76. The minimum atomic E-state index is -4.83. The molecule has 0 fully saturated rings. The van der Waals surface area contributed by atoms with E-state index in [1.54, 1.807) is 0 Å². The highest BCUT2D eigenvalue weighted by Crippen LogP contribution is 2.34. The van der Waals surface area contributed by atoms with E-state index in [1.165, 1.54) is 13.1 Å². The van der Waals surface area contributed by atoms with Crippen molar-refractivity contribution >= 4 is 29.3 Å². The topological polar surface area (TPSA) is 106 Å². The molecule has 30 heavy (non-hydrogen) atoms. The van der Waals surface area contributed by atoms with Gasteiger partial charge in [0.15, 0.2) is 0 Å². The number of hydrogen-bond donors (Lipinski definition) is 2. The zero-order chi connectivity index (χ0) is 22.7. The number of alkyl halides is 6. The first-order valence-corrected chi connectivity index (χ1v) is 8.89. The minimum absolute atomic E-state index is 0.179. The lowest BCUT2D eigenvalue weighted by Crippen LogP contribution is -2.36. The Morgan fingerprint density at radius 2 is 1.77 bits per heavy atom. The lowest BCUT2D eigenvalue weighted by atomic mass is 10.1. The summed E-state index contributed by atoms with van der Waals surface area (Å²) in [6.45, 7) is -0.589. The van der Waals surface area contributed by atoms with Crippen LogP contribution in [0.25, 0.3) is 0 Å². The molecule has 2 aromatic rings. The number of anilines is 1. The molecule has 0 aliphatic rings. The highest BCUT2D eigenvalue weighted by Gasteiger charge is 2.38. The summed E-state index contributed by atoms with van der Waals surface area (Å²) < 4.78 is 76.9. The molecule has 0 radical (unpaired) electrons. The van der Waals surface area contributed by atoms with Crippen LogP contribution in [0.2, 0.25) is 0 Å². The smallest absolute Gasteiger partial charge is 0.336 e. The number of amides is 2. The van der Waals surface area contributed by atoms with Crippen molar-refractivity contribution in [3.05, 3.63) is 35.7 Å². The summed E-state index contributed by atoms with van der Waals surface area (Å²) in [6.07, 6.45) is -9.51. The number of thioether (sulfide) groups is 1. The molecule has 1 aromatic heterocycles. The summed E-state index contributed by atoms with van der Waals surface area (Å²) in [6, 6.07) is 4.31. The normalized spacial score (nSPS) is 12.0. The molecule has 1 heterocycles. The van der Waals surface area contributed by atoms with Gasteiger partial charge < -0.3 is 16.1 Å². The summed E-state index contributed by atoms with van der Waals surface area (Å²) in [5, 5.41) is 7.82. The molecule has 0 aliphatic heterocycles. The number of rotatable bonds is 6. The Morgan fingerprint density at radius 1 is 1.13 bits per heavy atom. The number of aromatic nitrogens is 3. The Hall–Kier alpha value is -2.97. The van der Waals surface area contributed by atoms with Crippen LogP contribution in [-0.4, -0.2) is 50.9 Å². The molecule has 1 aromatic carbocycles. The molecular weight excluding hydrogens is 442 g/mol. The average molecular weight is 456 g/mol. The third-order valence-electron chi connectivity index (χ3n) is 3.56. The van der Waals surface area contributed by atoms with Crippen LogP contribution >= 0.6 is 11.8 Å². The maximum atomic E-state index is 12.9. The van der Waals surface area contributed by atoms with E-state index in [0.717, 1.165) is 23.1 Å². The van der Waals surface area contributed by atoms with Crippen molar-refractivity contribution in [2.45, 2.75) is 17.5 Å². The van der Waals surface area contributed by atoms with Crippen LogP contribution in [0.15, 0.2) is 29.4 Å². The van der Waals surface area contributed by atoms with E-state index >= 15 is 0 Å². The highest BCUT2D eigenvalue weighted by atomic mass is 32.2. The van der Waals surface area contributed by atoms with Gasteiger partial charge in [0.1, 0.15) is 0 Å². The van der Waals surface area contributed by atoms with Crippen LogP contribution in [0.1, 0.15) is 11.4 Å². The lowest BCUT2D eigenvalue weighted by molar-refractivity contribution is -0.146. The molecule has 0 atom stereocenters. The fourth-order valence-corrected chi connectivity index (χ4v) is 2.93. The molecule has 15 heteroatoms. The zero-order valence-corrected chi connectivity index (χ0v) is 15.9. The predicted molar refractivity (Wildman–Crippen MR) is 93.6 cm³/mol. The standard InChI is InChI=1S/C15H14F6N6O2S/c1-26(6-10(28)23-9-5-3-2-4-8(9)14(16,17)18)11(29)7-30-13-25-24-12(27(13)22)15(19,20)21/h2-5H,6-7,22H2,1H3,(H,23,28). The number of carbonyl (C=O) groups is 2. The third-order valence-corrected chi connectivity index (χ3v) is 4.48. The number of carbonyl (C=O) groups excluding carboxylic acids is 2. The van der Waals surface area contributed by atoms with Crippen molar-refractivity contribution in [3.63, 3.8) is 0 Å². The number of likely N-dealkylation sites (N-methyl/N-ethyl adjacent to an activating group) is 1. The highest BCUT2D eigenvalue weighted by molar-refractivity contribution is 7.99. The first kappa shape index (κ1) is 23.3. The van der Waals surface area contributed by atoms with E-state index in [-0.39, 0.29) is 9.83 Å². The van der Waals surface area contributed by atoms with E-state index < -0.39 is 53.5 Å². The van der Waals surface area contributed by atoms with Crippen molar-refractivity contribution in [2.75, 3.05) is 30.5 Å². The Labute approximate surface area is 169 Å². The largest absolute Gasteiger partial charge is 0.453 e. The molecule has 164 valence electrons. The van der Waals surface area contributed by atoms with Gasteiger partial charge in [-0.3, -0.25) is 9.59 Å². The van der Waals surface area contributed by atoms with Crippen molar-refractivity contribution in [1.29, 1.82) is 0 Å². The molecule has 0 unspecified atom stereocenters. The van der Waals surface area contributed by atoms with Gasteiger partial charge in [-0.2, -0.15) is 26.3 Å². The summed E-state index contributed by atoms with van der Waals surface area (Å²) in [5.41, 5.74) is -1.52. The first-order chi connectivity index (χ1) is 13.8. The van der Waals surface area contributed by atoms with Crippen molar-refractivity contribution in [1.82, 2.24) is 19.8 Å². The van der Waals surface area contributed by atoms with Crippen molar-refractivity contribution < 1.29 is 35.9 Å². The van der Waals surface area contributed by atoms with Crippen LogP contribution in [0.5, 0.6) is 0 Å². The Balaban J connectivity index is 1.94. The number of hydrogen-bond acceptors (Lipinski definition) is 6. The summed E-state index contributed by atoms with van der Waals surface area (Å²) >= 11 is 0.550. The van der Waals surface area contributed by atoms with Crippen molar-refractivity contribution in [2.24, 2.45) is 0 Å². The maximum absolute atomic E-state index is 12.9. The van der Waals surface area contributed by atoms with Gasteiger partial charge in [-0.1, -0.05) is 23.9 Å². The number of nitrogens with one attached hydrogen (secondary N) is 1. The molecule has 0 saturated heterocycles. The second-order valence-electron chi connectivity index (χ2n) is 5.80. The van der Waals surface area contributed by atoms with Crippen LogP contribution in [0.4, 0.5) is 32.0 Å². The molecular formula is C15H14F6N6O2S. The van der Waals surface area contributed by atoms with Crippen LogP contribution in [0, 0.1) is 0 Å². The van der Waals surface area contributed by atoms with E-state index in [1.807, 2.05) is 0 Å². The van der Waals surface area contributed by atoms with Gasteiger partial charge in [-0.25, -0.2) is 4.68 Å². The predicted octanol–water partition coefficient (Wildman–Crippen LogP) is 2.22. The van der Waals surface area contributed by atoms with Gasteiger partial charge in [0.25, 0.3) is 5.82 Å². The molecule has 0 bridgehead atoms. The second-order valence-corrected chi connectivity index (χ2v) is 6.75. The molecule has 0 spiro atoms. The third kappa shape index (κ3) is 5.77. The molecule has 0 saturated carbocycles. The molecule has 2 amide bonds. The van der Waals surface area contributed by atoms with Crippen LogP contribution in [0.3, 0.4) is 0 Å². The maximum Gasteiger partial charge on any atom is 0.453 e. The Kier molecular flexibility index (Phi) is 6.84. The molecule has 8 nitrogen and oxygen atoms in total.